The Morgan fingerprint density at radius 2 is 1.78 bits per heavy atom. The standard InChI is InChI=1S/C20H19ClN2O4/c1-12(2)26-17-8-5-14(6-9-17)20(25)27-13(3)19(24)23-16-7-4-15(11-22)18(21)10-16/h4-10,12-13H,1-3H3,(H,23,24). The van der Waals surface area contributed by atoms with Crippen molar-refractivity contribution in [2.45, 2.75) is 33.0 Å². The van der Waals surface area contributed by atoms with E-state index in [-0.39, 0.29) is 11.1 Å². The third kappa shape index (κ3) is 5.73. The normalized spacial score (nSPS) is 11.4. The van der Waals surface area contributed by atoms with E-state index in [1.165, 1.54) is 19.1 Å². The fourth-order valence-corrected chi connectivity index (χ4v) is 2.37. The molecule has 0 saturated heterocycles. The van der Waals surface area contributed by atoms with Gasteiger partial charge in [0.25, 0.3) is 5.91 Å². The van der Waals surface area contributed by atoms with E-state index in [1.54, 1.807) is 30.3 Å². The summed E-state index contributed by atoms with van der Waals surface area (Å²) in [5.41, 5.74) is 1.02. The lowest BCUT2D eigenvalue weighted by Crippen LogP contribution is -2.30. The molecule has 7 heteroatoms. The second-order valence-corrected chi connectivity index (χ2v) is 6.44. The molecule has 1 atom stereocenters. The summed E-state index contributed by atoms with van der Waals surface area (Å²) < 4.78 is 10.7. The van der Waals surface area contributed by atoms with Gasteiger partial charge in [0.2, 0.25) is 0 Å². The van der Waals surface area contributed by atoms with Gasteiger partial charge in [-0.2, -0.15) is 5.26 Å². The molecule has 2 aromatic rings. The first-order chi connectivity index (χ1) is 12.8. The number of nitrogens with one attached hydrogen (secondary N) is 1. The second-order valence-electron chi connectivity index (χ2n) is 6.03. The number of halogens is 1. The smallest absolute Gasteiger partial charge is 0.338 e. The molecule has 1 unspecified atom stereocenters. The number of carbonyl (C=O) groups excluding carboxylic acids is 2. The van der Waals surface area contributed by atoms with Crippen molar-refractivity contribution in [3.63, 3.8) is 0 Å². The van der Waals surface area contributed by atoms with E-state index in [0.717, 1.165) is 0 Å². The molecule has 1 N–H and O–H groups in total. The molecule has 0 saturated carbocycles. The summed E-state index contributed by atoms with van der Waals surface area (Å²) in [5.74, 6) is -0.486. The zero-order valence-corrected chi connectivity index (χ0v) is 15.9. The number of amides is 1. The van der Waals surface area contributed by atoms with Crippen LogP contribution in [0.4, 0.5) is 5.69 Å². The quantitative estimate of drug-likeness (QED) is 0.752. The van der Waals surface area contributed by atoms with Gasteiger partial charge in [0.15, 0.2) is 6.10 Å². The third-order valence-electron chi connectivity index (χ3n) is 3.47. The van der Waals surface area contributed by atoms with Crippen molar-refractivity contribution < 1.29 is 19.1 Å². The van der Waals surface area contributed by atoms with E-state index in [4.69, 9.17) is 26.3 Å². The number of nitriles is 1. The van der Waals surface area contributed by atoms with E-state index >= 15 is 0 Å². The Hall–Kier alpha value is -3.04. The monoisotopic (exact) mass is 386 g/mol. The summed E-state index contributed by atoms with van der Waals surface area (Å²) >= 11 is 5.93. The molecule has 0 radical (unpaired) electrons. The Bertz CT molecular complexity index is 873. The number of ether oxygens (including phenoxy) is 2. The van der Waals surface area contributed by atoms with Gasteiger partial charge < -0.3 is 14.8 Å². The summed E-state index contributed by atoms with van der Waals surface area (Å²) in [6.07, 6.45) is -0.985. The van der Waals surface area contributed by atoms with Gasteiger partial charge in [0.1, 0.15) is 11.8 Å². The molecule has 0 bridgehead atoms. The Morgan fingerprint density at radius 3 is 2.33 bits per heavy atom. The van der Waals surface area contributed by atoms with Gasteiger partial charge in [-0.15, -0.1) is 0 Å². The fourth-order valence-electron chi connectivity index (χ4n) is 2.15. The van der Waals surface area contributed by atoms with E-state index in [0.29, 0.717) is 22.6 Å². The second kappa shape index (κ2) is 9.06. The van der Waals surface area contributed by atoms with Gasteiger partial charge >= 0.3 is 5.97 Å². The number of benzene rings is 2. The molecule has 0 aliphatic carbocycles. The van der Waals surface area contributed by atoms with Crippen LogP contribution in [-0.2, 0) is 9.53 Å². The minimum Gasteiger partial charge on any atom is -0.491 e. The predicted molar refractivity (Wildman–Crippen MR) is 102 cm³/mol. The highest BCUT2D eigenvalue weighted by molar-refractivity contribution is 6.32. The Balaban J connectivity index is 1.96. The molecule has 0 spiro atoms. The van der Waals surface area contributed by atoms with Crippen LogP contribution in [0.15, 0.2) is 42.5 Å². The zero-order chi connectivity index (χ0) is 20.0. The highest BCUT2D eigenvalue weighted by atomic mass is 35.5. The number of nitrogens with zero attached hydrogens (tertiary/aromatic N) is 1. The first-order valence-electron chi connectivity index (χ1n) is 8.28. The van der Waals surface area contributed by atoms with Crippen LogP contribution in [0.25, 0.3) is 0 Å². The van der Waals surface area contributed by atoms with Crippen LogP contribution in [0.2, 0.25) is 5.02 Å². The maximum atomic E-state index is 12.2. The van der Waals surface area contributed by atoms with Crippen LogP contribution in [-0.4, -0.2) is 24.1 Å². The highest BCUT2D eigenvalue weighted by Crippen LogP contribution is 2.20. The molecule has 0 aromatic heterocycles. The molecule has 6 nitrogen and oxygen atoms in total. The van der Waals surface area contributed by atoms with Crippen molar-refractivity contribution in [2.75, 3.05) is 5.32 Å². The van der Waals surface area contributed by atoms with Crippen LogP contribution >= 0.6 is 11.6 Å². The number of anilines is 1. The van der Waals surface area contributed by atoms with Crippen molar-refractivity contribution in [3.05, 3.63) is 58.6 Å². The van der Waals surface area contributed by atoms with Gasteiger partial charge in [-0.25, -0.2) is 4.79 Å². The minimum absolute atomic E-state index is 0.0299. The topological polar surface area (TPSA) is 88.4 Å². The molecule has 27 heavy (non-hydrogen) atoms. The van der Waals surface area contributed by atoms with Crippen molar-refractivity contribution in [3.8, 4) is 11.8 Å². The number of esters is 1. The van der Waals surface area contributed by atoms with Crippen LogP contribution in [0, 0.1) is 11.3 Å². The predicted octanol–water partition coefficient (Wildman–Crippen LogP) is 4.18. The van der Waals surface area contributed by atoms with Gasteiger partial charge in [-0.05, 0) is 63.2 Å². The molecule has 0 heterocycles. The molecular formula is C20H19ClN2O4. The largest absolute Gasteiger partial charge is 0.491 e. The number of hydrogen-bond acceptors (Lipinski definition) is 5. The van der Waals surface area contributed by atoms with Gasteiger partial charge in [0.05, 0.1) is 22.3 Å². The van der Waals surface area contributed by atoms with Gasteiger partial charge in [-0.3, -0.25) is 4.79 Å². The molecule has 0 aliphatic heterocycles. The van der Waals surface area contributed by atoms with Crippen molar-refractivity contribution >= 4 is 29.2 Å². The molecule has 2 aromatic carbocycles. The molecule has 0 aliphatic rings. The Labute approximate surface area is 162 Å². The number of carbonyl (C=O) groups is 2. The van der Waals surface area contributed by atoms with Crippen LogP contribution in [0.3, 0.4) is 0 Å². The average molecular weight is 387 g/mol. The van der Waals surface area contributed by atoms with Crippen LogP contribution < -0.4 is 10.1 Å². The Kier molecular flexibility index (Phi) is 6.80. The number of rotatable bonds is 6. The molecular weight excluding hydrogens is 368 g/mol. The summed E-state index contributed by atoms with van der Waals surface area (Å²) in [7, 11) is 0. The van der Waals surface area contributed by atoms with Crippen molar-refractivity contribution in [1.82, 2.24) is 0 Å². The molecule has 2 rings (SSSR count). The SMILES string of the molecule is CC(C)Oc1ccc(C(=O)OC(C)C(=O)Nc2ccc(C#N)c(Cl)c2)cc1. The lowest BCUT2D eigenvalue weighted by atomic mass is 10.2. The molecule has 140 valence electrons. The Morgan fingerprint density at radius 1 is 1.11 bits per heavy atom. The molecule has 0 fully saturated rings. The average Bonchev–Trinajstić information content (AvgIpc) is 2.61. The van der Waals surface area contributed by atoms with Crippen molar-refractivity contribution in [2.24, 2.45) is 0 Å². The third-order valence-corrected chi connectivity index (χ3v) is 3.78. The summed E-state index contributed by atoms with van der Waals surface area (Å²) in [6, 6.07) is 12.9. The summed E-state index contributed by atoms with van der Waals surface area (Å²) in [4.78, 5) is 24.4. The first kappa shape index (κ1) is 20.3. The maximum absolute atomic E-state index is 12.2. The fraction of sp³-hybridized carbons (Fsp3) is 0.250. The van der Waals surface area contributed by atoms with Gasteiger partial charge in [-0.1, -0.05) is 11.6 Å². The minimum atomic E-state index is -1.02. The summed E-state index contributed by atoms with van der Waals surface area (Å²) in [6.45, 7) is 5.28. The zero-order valence-electron chi connectivity index (χ0n) is 15.2. The summed E-state index contributed by atoms with van der Waals surface area (Å²) in [5, 5.41) is 11.7. The molecule has 1 amide bonds. The van der Waals surface area contributed by atoms with Crippen LogP contribution in [0.1, 0.15) is 36.7 Å². The number of hydrogen-bond donors (Lipinski definition) is 1. The van der Waals surface area contributed by atoms with E-state index < -0.39 is 18.0 Å². The lowest BCUT2D eigenvalue weighted by molar-refractivity contribution is -0.123. The van der Waals surface area contributed by atoms with E-state index in [9.17, 15) is 9.59 Å². The van der Waals surface area contributed by atoms with E-state index in [2.05, 4.69) is 5.32 Å². The van der Waals surface area contributed by atoms with Crippen molar-refractivity contribution in [1.29, 1.82) is 5.26 Å². The van der Waals surface area contributed by atoms with E-state index in [1.807, 2.05) is 19.9 Å². The first-order valence-corrected chi connectivity index (χ1v) is 8.66. The van der Waals surface area contributed by atoms with Crippen LogP contribution in [0.5, 0.6) is 5.75 Å². The van der Waals surface area contributed by atoms with Gasteiger partial charge in [0, 0.05) is 5.69 Å². The lowest BCUT2D eigenvalue weighted by Gasteiger charge is -2.14. The maximum Gasteiger partial charge on any atom is 0.338 e. The highest BCUT2D eigenvalue weighted by Gasteiger charge is 2.19.